The van der Waals surface area contributed by atoms with E-state index in [1.807, 2.05) is 0 Å². The molecule has 0 saturated carbocycles. The number of carbonyl (C=O) groups excluding carboxylic acids is 1. The lowest BCUT2D eigenvalue weighted by Crippen LogP contribution is -2.03. The Morgan fingerprint density at radius 3 is 1.71 bits per heavy atom. The zero-order valence-corrected chi connectivity index (χ0v) is 25.3. The van der Waals surface area contributed by atoms with Gasteiger partial charge in [-0.3, -0.25) is 4.79 Å². The minimum atomic E-state index is -0.589. The topological polar surface area (TPSA) is 93.7 Å². The zero-order valence-electron chi connectivity index (χ0n) is 23.7. The van der Waals surface area contributed by atoms with Crippen molar-refractivity contribution < 1.29 is 42.3 Å². The second-order valence-corrected chi connectivity index (χ2v) is 9.02. The van der Waals surface area contributed by atoms with E-state index < -0.39 is 5.82 Å². The van der Waals surface area contributed by atoms with Gasteiger partial charge in [0.05, 0.1) is 59.9 Å². The minimum Gasteiger partial charge on any atom is -0.493 e. The van der Waals surface area contributed by atoms with E-state index in [1.165, 1.54) is 74.2 Å². The van der Waals surface area contributed by atoms with E-state index in [-0.39, 0.29) is 17.1 Å². The molecule has 0 aromatic heterocycles. The van der Waals surface area contributed by atoms with Gasteiger partial charge in [-0.15, -0.1) is 0 Å². The summed E-state index contributed by atoms with van der Waals surface area (Å²) in [4.78, 5) is 13.0. The molecule has 3 rings (SSSR count). The molecule has 0 radical (unpaired) electrons. The van der Waals surface area contributed by atoms with Crippen LogP contribution in [-0.4, -0.2) is 55.6 Å². The summed E-state index contributed by atoms with van der Waals surface area (Å²) < 4.78 is 52.8. The number of ketones is 1. The Hall–Kier alpha value is -4.38. The highest BCUT2D eigenvalue weighted by Crippen LogP contribution is 2.45. The van der Waals surface area contributed by atoms with Gasteiger partial charge in [-0.1, -0.05) is 12.2 Å². The van der Waals surface area contributed by atoms with Gasteiger partial charge < -0.3 is 38.5 Å². The van der Waals surface area contributed by atoms with Crippen LogP contribution >= 0.6 is 15.9 Å². The van der Waals surface area contributed by atoms with E-state index in [9.17, 15) is 9.18 Å². The smallest absolute Gasteiger partial charge is 0.204 e. The number of methoxy groups -OCH3 is 7. The van der Waals surface area contributed by atoms with Gasteiger partial charge in [0.25, 0.3) is 0 Å². The molecule has 0 unspecified atom stereocenters. The third-order valence-corrected chi connectivity index (χ3v) is 6.72. The Morgan fingerprint density at radius 1 is 0.683 bits per heavy atom. The summed E-state index contributed by atoms with van der Waals surface area (Å²) in [6, 6.07) is 8.09. The highest BCUT2D eigenvalue weighted by atomic mass is 79.9. The third-order valence-electron chi connectivity index (χ3n) is 5.93. The van der Waals surface area contributed by atoms with Gasteiger partial charge in [-0.2, -0.15) is 0 Å². The predicted molar refractivity (Wildman–Crippen MR) is 159 cm³/mol. The highest BCUT2D eigenvalue weighted by molar-refractivity contribution is 9.10. The summed E-state index contributed by atoms with van der Waals surface area (Å²) >= 11 is 3.40. The van der Waals surface area contributed by atoms with E-state index in [0.29, 0.717) is 50.2 Å². The molecule has 0 fully saturated rings. The number of carbonyl (C=O) groups is 1. The molecule has 41 heavy (non-hydrogen) atoms. The molecule has 0 saturated heterocycles. The van der Waals surface area contributed by atoms with E-state index in [0.717, 1.165) is 5.56 Å². The van der Waals surface area contributed by atoms with Crippen molar-refractivity contribution in [3.8, 4) is 40.2 Å². The molecule has 0 atom stereocenters. The SMILES string of the molecule is COc1cc(/C=C\c2cc(F)c(OC)c(N/C=C\C(=O)c3cc(OC)c(OC)c(OC)c3Br)c2)cc(OC)c1OC. The molecule has 9 nitrogen and oxygen atoms in total. The van der Waals surface area contributed by atoms with Crippen molar-refractivity contribution >= 4 is 39.6 Å². The first-order chi connectivity index (χ1) is 19.8. The first-order valence-corrected chi connectivity index (χ1v) is 12.9. The summed E-state index contributed by atoms with van der Waals surface area (Å²) in [5, 5.41) is 2.94. The maximum absolute atomic E-state index is 14.9. The highest BCUT2D eigenvalue weighted by Gasteiger charge is 2.22. The maximum Gasteiger partial charge on any atom is 0.204 e. The number of allylic oxidation sites excluding steroid dienone is 1. The summed E-state index contributed by atoms with van der Waals surface area (Å²) in [5.41, 5.74) is 1.86. The number of anilines is 1. The van der Waals surface area contributed by atoms with Crippen molar-refractivity contribution in [2.75, 3.05) is 55.1 Å². The van der Waals surface area contributed by atoms with Crippen LogP contribution in [0.15, 0.2) is 47.1 Å². The molecule has 0 amide bonds. The van der Waals surface area contributed by atoms with Crippen LogP contribution in [0.1, 0.15) is 21.5 Å². The molecule has 0 aliphatic heterocycles. The van der Waals surface area contributed by atoms with Gasteiger partial charge in [0, 0.05) is 17.8 Å². The van der Waals surface area contributed by atoms with Crippen LogP contribution in [0.5, 0.6) is 40.2 Å². The number of ether oxygens (including phenoxy) is 7. The van der Waals surface area contributed by atoms with E-state index >= 15 is 0 Å². The second-order valence-electron chi connectivity index (χ2n) is 8.22. The number of nitrogens with one attached hydrogen (secondary N) is 1. The standard InChI is InChI=1S/C30H31BrFNO8/c1-35-23-14-18(15-24(36-2)28(23)39-5)9-8-17-12-20(32)27(38-4)21(13-17)33-11-10-22(34)19-16-25(37-3)29(40-6)30(41-7)26(19)31/h8-16,33H,1-7H3/b9-8-,11-10-. The van der Waals surface area contributed by atoms with E-state index in [1.54, 1.807) is 30.4 Å². The van der Waals surface area contributed by atoms with Crippen molar-refractivity contribution in [3.05, 3.63) is 69.6 Å². The van der Waals surface area contributed by atoms with Gasteiger partial charge >= 0.3 is 0 Å². The molecule has 11 heteroatoms. The average Bonchev–Trinajstić information content (AvgIpc) is 2.98. The summed E-state index contributed by atoms with van der Waals surface area (Å²) in [6.07, 6.45) is 6.18. The largest absolute Gasteiger partial charge is 0.493 e. The molecular formula is C30H31BrFNO8. The van der Waals surface area contributed by atoms with Crippen molar-refractivity contribution in [2.45, 2.75) is 0 Å². The van der Waals surface area contributed by atoms with Crippen LogP contribution in [0.25, 0.3) is 12.2 Å². The van der Waals surface area contributed by atoms with Gasteiger partial charge in [-0.25, -0.2) is 4.39 Å². The van der Waals surface area contributed by atoms with Crippen molar-refractivity contribution in [2.24, 2.45) is 0 Å². The van der Waals surface area contributed by atoms with Crippen molar-refractivity contribution in [3.63, 3.8) is 0 Å². The van der Waals surface area contributed by atoms with Crippen LogP contribution in [0.3, 0.4) is 0 Å². The fourth-order valence-electron chi connectivity index (χ4n) is 4.01. The average molecular weight is 632 g/mol. The maximum atomic E-state index is 14.9. The van der Waals surface area contributed by atoms with Gasteiger partial charge in [0.2, 0.25) is 11.5 Å². The molecule has 0 heterocycles. The summed E-state index contributed by atoms with van der Waals surface area (Å²) in [6.45, 7) is 0. The Morgan fingerprint density at radius 2 is 1.20 bits per heavy atom. The molecular weight excluding hydrogens is 601 g/mol. The summed E-state index contributed by atoms with van der Waals surface area (Å²) in [5.74, 6) is 1.45. The number of rotatable bonds is 13. The minimum absolute atomic E-state index is 0.0130. The molecule has 3 aromatic rings. The first kappa shape index (κ1) is 31.2. The number of hydrogen-bond donors (Lipinski definition) is 1. The Labute approximate surface area is 246 Å². The lowest BCUT2D eigenvalue weighted by atomic mass is 10.1. The quantitative estimate of drug-likeness (QED) is 0.127. The molecule has 0 aliphatic rings. The fraction of sp³-hybridized carbons (Fsp3) is 0.233. The van der Waals surface area contributed by atoms with Crippen molar-refractivity contribution in [1.82, 2.24) is 0 Å². The van der Waals surface area contributed by atoms with Crippen LogP contribution in [-0.2, 0) is 0 Å². The molecule has 3 aromatic carbocycles. The van der Waals surface area contributed by atoms with Crippen LogP contribution in [0, 0.1) is 5.82 Å². The first-order valence-electron chi connectivity index (χ1n) is 12.1. The molecule has 0 aliphatic carbocycles. The molecule has 1 N–H and O–H groups in total. The van der Waals surface area contributed by atoms with Crippen LogP contribution in [0.2, 0.25) is 0 Å². The van der Waals surface area contributed by atoms with Gasteiger partial charge in [0.15, 0.2) is 40.3 Å². The van der Waals surface area contributed by atoms with Crippen LogP contribution in [0.4, 0.5) is 10.1 Å². The Balaban J connectivity index is 1.90. The Bertz CT molecular complexity index is 1450. The predicted octanol–water partition coefficient (Wildman–Crippen LogP) is 6.63. The monoisotopic (exact) mass is 631 g/mol. The lowest BCUT2D eigenvalue weighted by molar-refractivity contribution is 0.104. The van der Waals surface area contributed by atoms with Gasteiger partial charge in [0.1, 0.15) is 0 Å². The lowest BCUT2D eigenvalue weighted by Gasteiger charge is -2.15. The number of hydrogen-bond acceptors (Lipinski definition) is 9. The van der Waals surface area contributed by atoms with Crippen molar-refractivity contribution in [1.29, 1.82) is 0 Å². The zero-order chi connectivity index (χ0) is 30.1. The molecule has 0 bridgehead atoms. The third kappa shape index (κ3) is 6.86. The van der Waals surface area contributed by atoms with Gasteiger partial charge in [-0.05, 0) is 57.4 Å². The fourth-order valence-corrected chi connectivity index (χ4v) is 4.66. The molecule has 0 spiro atoms. The number of benzene rings is 3. The van der Waals surface area contributed by atoms with E-state index in [2.05, 4.69) is 21.2 Å². The second kappa shape index (κ2) is 14.3. The van der Waals surface area contributed by atoms with E-state index in [4.69, 9.17) is 33.2 Å². The summed E-state index contributed by atoms with van der Waals surface area (Å²) in [7, 11) is 10.3. The number of halogens is 2. The molecule has 218 valence electrons. The Kier molecular flexibility index (Phi) is 10.9. The van der Waals surface area contributed by atoms with Crippen LogP contribution < -0.4 is 38.5 Å². The normalized spacial score (nSPS) is 11.0.